The molecule has 0 bridgehead atoms. The molecule has 2 heterocycles. The van der Waals surface area contributed by atoms with Crippen LogP contribution in [0.2, 0.25) is 0 Å². The third kappa shape index (κ3) is 1.42. The maximum absolute atomic E-state index is 10.4. The lowest BCUT2D eigenvalue weighted by atomic mass is 10.4. The summed E-state index contributed by atoms with van der Waals surface area (Å²) in [4.78, 5) is 17.2. The zero-order valence-electron chi connectivity index (χ0n) is 6.94. The maximum Gasteiger partial charge on any atom is 0.365 e. The number of rotatable bonds is 2. The highest BCUT2D eigenvalue weighted by Crippen LogP contribution is 2.11. The monoisotopic (exact) mass is 191 g/mol. The van der Waals surface area contributed by atoms with Gasteiger partial charge in [0.05, 0.1) is 11.8 Å². The second kappa shape index (κ2) is 3.21. The van der Waals surface area contributed by atoms with Gasteiger partial charge in [0.2, 0.25) is 0 Å². The summed E-state index contributed by atoms with van der Waals surface area (Å²) in [5, 5.41) is 14.3. The van der Waals surface area contributed by atoms with Crippen LogP contribution in [0.5, 0.6) is 0 Å². The van der Waals surface area contributed by atoms with Gasteiger partial charge in [-0.25, -0.2) is 9.67 Å². The number of nitrogens with zero attached hydrogens (tertiary/aromatic N) is 5. The molecule has 0 fully saturated rings. The second-order valence-electron chi connectivity index (χ2n) is 2.47. The van der Waals surface area contributed by atoms with Crippen LogP contribution in [0.1, 0.15) is 0 Å². The molecule has 0 radical (unpaired) electrons. The van der Waals surface area contributed by atoms with Crippen molar-refractivity contribution in [3.05, 3.63) is 41.1 Å². The highest BCUT2D eigenvalue weighted by Gasteiger charge is 2.08. The predicted octanol–water partition coefficient (Wildman–Crippen LogP) is 0.570. The molecular weight excluding hydrogens is 186 g/mol. The molecule has 0 atom stereocenters. The van der Waals surface area contributed by atoms with Gasteiger partial charge in [0.1, 0.15) is 18.9 Å². The van der Waals surface area contributed by atoms with E-state index >= 15 is 0 Å². The third-order valence-corrected chi connectivity index (χ3v) is 1.60. The molecular formula is C7H5N5O2. The number of hydrogen-bond acceptors (Lipinski definition) is 5. The van der Waals surface area contributed by atoms with E-state index < -0.39 is 4.92 Å². The molecule has 0 saturated carbocycles. The van der Waals surface area contributed by atoms with Crippen LogP contribution >= 0.6 is 0 Å². The third-order valence-electron chi connectivity index (χ3n) is 1.60. The molecule has 0 saturated heterocycles. The first-order valence-electron chi connectivity index (χ1n) is 3.73. The lowest BCUT2D eigenvalue weighted by molar-refractivity contribution is -0.389. The quantitative estimate of drug-likeness (QED) is 0.511. The van der Waals surface area contributed by atoms with Crippen molar-refractivity contribution in [1.82, 2.24) is 19.7 Å². The molecule has 0 aromatic carbocycles. The van der Waals surface area contributed by atoms with Crippen LogP contribution in [0.25, 0.3) is 5.69 Å². The van der Waals surface area contributed by atoms with E-state index in [9.17, 15) is 10.1 Å². The summed E-state index contributed by atoms with van der Waals surface area (Å²) in [5.74, 6) is -0.210. The highest BCUT2D eigenvalue weighted by molar-refractivity contribution is 5.36. The molecule has 0 aliphatic rings. The topological polar surface area (TPSA) is 86.7 Å². The van der Waals surface area contributed by atoms with Crippen molar-refractivity contribution >= 4 is 5.82 Å². The van der Waals surface area contributed by atoms with E-state index in [4.69, 9.17) is 0 Å². The number of nitro groups is 1. The molecule has 0 aliphatic carbocycles. The SMILES string of the molecule is O=[N+]([O-])c1cc(-n2cncn2)ccn1. The Morgan fingerprint density at radius 3 is 3.00 bits per heavy atom. The first-order valence-corrected chi connectivity index (χ1v) is 3.73. The van der Waals surface area contributed by atoms with Crippen LogP contribution < -0.4 is 0 Å². The molecule has 0 N–H and O–H groups in total. The van der Waals surface area contributed by atoms with Crippen LogP contribution in [0, 0.1) is 10.1 Å². The van der Waals surface area contributed by atoms with E-state index in [-0.39, 0.29) is 5.82 Å². The maximum atomic E-state index is 10.4. The van der Waals surface area contributed by atoms with Gasteiger partial charge in [0, 0.05) is 6.07 Å². The minimum absolute atomic E-state index is 0.210. The van der Waals surface area contributed by atoms with Crippen LogP contribution in [0.4, 0.5) is 5.82 Å². The van der Waals surface area contributed by atoms with Gasteiger partial charge in [-0.15, -0.1) is 0 Å². The molecule has 7 nitrogen and oxygen atoms in total. The number of hydrogen-bond donors (Lipinski definition) is 0. The number of aromatic nitrogens is 4. The molecule has 0 spiro atoms. The van der Waals surface area contributed by atoms with E-state index in [0.717, 1.165) is 0 Å². The van der Waals surface area contributed by atoms with Crippen molar-refractivity contribution < 1.29 is 4.92 Å². The first-order chi connectivity index (χ1) is 6.77. The summed E-state index contributed by atoms with van der Waals surface area (Å²) in [6.07, 6.45) is 4.17. The van der Waals surface area contributed by atoms with E-state index in [1.165, 1.54) is 29.6 Å². The van der Waals surface area contributed by atoms with Gasteiger partial charge >= 0.3 is 5.82 Å². The van der Waals surface area contributed by atoms with E-state index in [1.54, 1.807) is 6.07 Å². The van der Waals surface area contributed by atoms with Gasteiger partial charge in [-0.05, 0) is 9.91 Å². The zero-order valence-corrected chi connectivity index (χ0v) is 6.94. The fourth-order valence-electron chi connectivity index (χ4n) is 0.992. The van der Waals surface area contributed by atoms with E-state index in [2.05, 4.69) is 15.1 Å². The van der Waals surface area contributed by atoms with E-state index in [1.807, 2.05) is 0 Å². The average molecular weight is 191 g/mol. The molecule has 70 valence electrons. The van der Waals surface area contributed by atoms with Crippen molar-refractivity contribution in [2.45, 2.75) is 0 Å². The molecule has 2 rings (SSSR count). The van der Waals surface area contributed by atoms with Crippen molar-refractivity contribution in [3.8, 4) is 5.69 Å². The zero-order chi connectivity index (χ0) is 9.97. The van der Waals surface area contributed by atoms with Gasteiger partial charge in [-0.2, -0.15) is 5.10 Å². The smallest absolute Gasteiger partial charge is 0.358 e. The molecule has 0 aliphatic heterocycles. The molecule has 0 amide bonds. The molecule has 2 aromatic heterocycles. The van der Waals surface area contributed by atoms with Gasteiger partial charge in [0.15, 0.2) is 0 Å². The van der Waals surface area contributed by atoms with Crippen molar-refractivity contribution in [2.75, 3.05) is 0 Å². The minimum Gasteiger partial charge on any atom is -0.358 e. The molecule has 7 heteroatoms. The second-order valence-corrected chi connectivity index (χ2v) is 2.47. The summed E-state index contributed by atoms with van der Waals surface area (Å²) < 4.78 is 1.43. The lowest BCUT2D eigenvalue weighted by Crippen LogP contribution is -1.97. The van der Waals surface area contributed by atoms with Crippen LogP contribution in [-0.2, 0) is 0 Å². The largest absolute Gasteiger partial charge is 0.365 e. The Hall–Kier alpha value is -2.31. The minimum atomic E-state index is -0.555. The van der Waals surface area contributed by atoms with Gasteiger partial charge < -0.3 is 10.1 Å². The Kier molecular flexibility index (Phi) is 1.90. The highest BCUT2D eigenvalue weighted by atomic mass is 16.6. The van der Waals surface area contributed by atoms with Gasteiger partial charge in [-0.3, -0.25) is 0 Å². The molecule has 14 heavy (non-hydrogen) atoms. The summed E-state index contributed by atoms with van der Waals surface area (Å²) in [5.41, 5.74) is 0.559. The summed E-state index contributed by atoms with van der Waals surface area (Å²) in [6.45, 7) is 0. The Bertz CT molecular complexity index is 453. The standard InChI is InChI=1S/C7H5N5O2/c13-12(14)7-3-6(1-2-9-7)11-5-8-4-10-11/h1-5H. The van der Waals surface area contributed by atoms with Crippen molar-refractivity contribution in [1.29, 1.82) is 0 Å². The summed E-state index contributed by atoms with van der Waals surface area (Å²) >= 11 is 0. The molecule has 2 aromatic rings. The number of pyridine rings is 1. The molecule has 0 unspecified atom stereocenters. The normalized spacial score (nSPS) is 10.0. The first kappa shape index (κ1) is 8.30. The van der Waals surface area contributed by atoms with Crippen LogP contribution in [-0.4, -0.2) is 24.7 Å². The average Bonchev–Trinajstić information content (AvgIpc) is 2.71. The Labute approximate surface area is 78.2 Å². The fraction of sp³-hybridized carbons (Fsp3) is 0. The van der Waals surface area contributed by atoms with Crippen molar-refractivity contribution in [3.63, 3.8) is 0 Å². The van der Waals surface area contributed by atoms with Gasteiger partial charge in [0.25, 0.3) is 0 Å². The van der Waals surface area contributed by atoms with E-state index in [0.29, 0.717) is 5.69 Å². The fourth-order valence-corrected chi connectivity index (χ4v) is 0.992. The van der Waals surface area contributed by atoms with Crippen molar-refractivity contribution in [2.24, 2.45) is 0 Å². The Morgan fingerprint density at radius 1 is 1.50 bits per heavy atom. The van der Waals surface area contributed by atoms with Gasteiger partial charge in [-0.1, -0.05) is 0 Å². The summed E-state index contributed by atoms with van der Waals surface area (Å²) in [6, 6.07) is 2.94. The lowest BCUT2D eigenvalue weighted by Gasteiger charge is -1.97. The summed E-state index contributed by atoms with van der Waals surface area (Å²) in [7, 11) is 0. The Balaban J connectivity index is 2.46. The van der Waals surface area contributed by atoms with Crippen LogP contribution in [0.3, 0.4) is 0 Å². The van der Waals surface area contributed by atoms with Crippen LogP contribution in [0.15, 0.2) is 31.0 Å². The predicted molar refractivity (Wildman–Crippen MR) is 45.8 cm³/mol. The Morgan fingerprint density at radius 2 is 2.36 bits per heavy atom.